The molecule has 0 bridgehead atoms. The maximum atomic E-state index is 11.0. The van der Waals surface area contributed by atoms with Crippen LogP contribution in [-0.2, 0) is 10.3 Å². The quantitative estimate of drug-likeness (QED) is 0.610. The molecule has 2 aliphatic rings. The monoisotopic (exact) mass is 450 g/mol. The molecule has 0 unspecified atom stereocenters. The van der Waals surface area contributed by atoms with E-state index in [9.17, 15) is 5.11 Å². The Kier molecular flexibility index (Phi) is 5.77. The molecule has 3 N–H and O–H groups in total. The van der Waals surface area contributed by atoms with Crippen molar-refractivity contribution in [2.45, 2.75) is 37.8 Å². The number of nitrogen functional groups attached to an aromatic ring is 1. The third-order valence-electron chi connectivity index (χ3n) is 6.53. The zero-order valence-corrected chi connectivity index (χ0v) is 19.1. The fourth-order valence-electron chi connectivity index (χ4n) is 4.52. The Hall–Kier alpha value is -3.01. The third kappa shape index (κ3) is 4.57. The van der Waals surface area contributed by atoms with Crippen molar-refractivity contribution >= 4 is 5.82 Å². The second kappa shape index (κ2) is 8.74. The average molecular weight is 451 g/mol. The van der Waals surface area contributed by atoms with Gasteiger partial charge >= 0.3 is 0 Å². The van der Waals surface area contributed by atoms with Gasteiger partial charge in [-0.3, -0.25) is 4.68 Å². The van der Waals surface area contributed by atoms with Gasteiger partial charge in [0.15, 0.2) is 11.6 Å². The zero-order valence-electron chi connectivity index (χ0n) is 19.1. The Morgan fingerprint density at radius 1 is 1.21 bits per heavy atom. The number of hydrogen-bond donors (Lipinski definition) is 2. The first-order valence-corrected chi connectivity index (χ1v) is 11.4. The van der Waals surface area contributed by atoms with Gasteiger partial charge in [0.05, 0.1) is 36.9 Å². The van der Waals surface area contributed by atoms with Gasteiger partial charge in [0, 0.05) is 18.6 Å². The molecule has 1 aromatic carbocycles. The number of piperidine rings is 1. The molecule has 0 amide bonds. The van der Waals surface area contributed by atoms with Crippen molar-refractivity contribution in [2.24, 2.45) is 0 Å². The van der Waals surface area contributed by atoms with Crippen LogP contribution in [0.25, 0.3) is 11.3 Å². The molecule has 3 aromatic rings. The molecule has 174 valence electrons. The fourth-order valence-corrected chi connectivity index (χ4v) is 4.52. The van der Waals surface area contributed by atoms with Crippen molar-refractivity contribution in [3.8, 4) is 22.9 Å². The van der Waals surface area contributed by atoms with Crippen LogP contribution in [0.15, 0.2) is 36.8 Å². The van der Waals surface area contributed by atoms with E-state index in [4.69, 9.17) is 15.2 Å². The molecule has 2 aromatic heterocycles. The molecular formula is C24H30N6O3. The first-order chi connectivity index (χ1) is 15.9. The number of aryl methyl sites for hydroxylation is 1. The highest BCUT2D eigenvalue weighted by Crippen LogP contribution is 2.34. The lowest BCUT2D eigenvalue weighted by Crippen LogP contribution is -2.31. The standard InChI is InChI=1S/C24H30N6O3/c1-16-9-17(11-18(10-16)24(31)5-8-32-15-24)21-13-26-22(25)23(28-21)33-20-12-27-30(14-20)19-3-6-29(2)7-4-19/h9-14,19,31H,3-8,15H2,1-2H3,(H2,25,26)/t24-/m1/s1. The topological polar surface area (TPSA) is 112 Å². The van der Waals surface area contributed by atoms with Gasteiger partial charge in [-0.25, -0.2) is 9.97 Å². The highest BCUT2D eigenvalue weighted by molar-refractivity contribution is 5.63. The number of nitrogens with two attached hydrogens (primary N) is 1. The third-order valence-corrected chi connectivity index (χ3v) is 6.53. The van der Waals surface area contributed by atoms with Gasteiger partial charge in [0.1, 0.15) is 5.60 Å². The summed E-state index contributed by atoms with van der Waals surface area (Å²) in [6, 6.07) is 6.29. The minimum Gasteiger partial charge on any atom is -0.433 e. The number of anilines is 1. The number of hydrogen-bond acceptors (Lipinski definition) is 8. The van der Waals surface area contributed by atoms with Crippen LogP contribution in [0.3, 0.4) is 0 Å². The minimum absolute atomic E-state index is 0.210. The van der Waals surface area contributed by atoms with E-state index in [1.807, 2.05) is 36.0 Å². The summed E-state index contributed by atoms with van der Waals surface area (Å²) in [6.07, 6.45) is 7.89. The summed E-state index contributed by atoms with van der Waals surface area (Å²) < 4.78 is 13.4. The summed E-state index contributed by atoms with van der Waals surface area (Å²) in [7, 11) is 2.14. The molecule has 0 spiro atoms. The Bertz CT molecular complexity index is 1130. The summed E-state index contributed by atoms with van der Waals surface area (Å²) in [4.78, 5) is 11.3. The number of aromatic nitrogens is 4. The zero-order chi connectivity index (χ0) is 23.0. The molecule has 1 atom stereocenters. The maximum Gasteiger partial charge on any atom is 0.263 e. The first kappa shape index (κ1) is 21.8. The number of ether oxygens (including phenoxy) is 2. The number of likely N-dealkylation sites (tertiary alicyclic amines) is 1. The van der Waals surface area contributed by atoms with Crippen molar-refractivity contribution in [1.82, 2.24) is 24.6 Å². The lowest BCUT2D eigenvalue weighted by molar-refractivity contribution is 0.0232. The van der Waals surface area contributed by atoms with Crippen LogP contribution in [0, 0.1) is 6.92 Å². The van der Waals surface area contributed by atoms with Crippen LogP contribution in [0.1, 0.15) is 36.4 Å². The minimum atomic E-state index is -0.982. The lowest BCUT2D eigenvalue weighted by Gasteiger charge is -2.28. The van der Waals surface area contributed by atoms with Crippen molar-refractivity contribution in [3.63, 3.8) is 0 Å². The summed E-state index contributed by atoms with van der Waals surface area (Å²) >= 11 is 0. The predicted molar refractivity (Wildman–Crippen MR) is 124 cm³/mol. The molecular weight excluding hydrogens is 420 g/mol. The molecule has 9 nitrogen and oxygen atoms in total. The molecule has 2 aliphatic heterocycles. The van der Waals surface area contributed by atoms with E-state index in [1.54, 1.807) is 12.4 Å². The summed E-state index contributed by atoms with van der Waals surface area (Å²) in [6.45, 7) is 4.94. The van der Waals surface area contributed by atoms with Gasteiger partial charge in [-0.05, 0) is 57.6 Å². The molecule has 2 saturated heterocycles. The highest BCUT2D eigenvalue weighted by Gasteiger charge is 2.34. The summed E-state index contributed by atoms with van der Waals surface area (Å²) in [5, 5.41) is 15.4. The molecule has 0 radical (unpaired) electrons. The Morgan fingerprint density at radius 2 is 2.03 bits per heavy atom. The van der Waals surface area contributed by atoms with Gasteiger partial charge < -0.3 is 25.2 Å². The van der Waals surface area contributed by atoms with E-state index in [0.29, 0.717) is 37.1 Å². The van der Waals surface area contributed by atoms with Crippen molar-refractivity contribution in [3.05, 3.63) is 47.9 Å². The van der Waals surface area contributed by atoms with Crippen LogP contribution in [0.2, 0.25) is 0 Å². The largest absolute Gasteiger partial charge is 0.433 e. The van der Waals surface area contributed by atoms with Gasteiger partial charge in [0.2, 0.25) is 0 Å². The molecule has 5 rings (SSSR count). The fraction of sp³-hybridized carbons (Fsp3) is 0.458. The van der Waals surface area contributed by atoms with Gasteiger partial charge in [-0.2, -0.15) is 5.10 Å². The number of aliphatic hydroxyl groups is 1. The van der Waals surface area contributed by atoms with Gasteiger partial charge in [0.25, 0.3) is 5.88 Å². The Morgan fingerprint density at radius 3 is 2.79 bits per heavy atom. The molecule has 0 aliphatic carbocycles. The molecule has 0 saturated carbocycles. The van der Waals surface area contributed by atoms with Crippen molar-refractivity contribution in [1.29, 1.82) is 0 Å². The lowest BCUT2D eigenvalue weighted by atomic mass is 9.90. The van der Waals surface area contributed by atoms with Crippen molar-refractivity contribution < 1.29 is 14.6 Å². The van der Waals surface area contributed by atoms with Gasteiger partial charge in [-0.1, -0.05) is 11.6 Å². The van der Waals surface area contributed by atoms with E-state index in [1.165, 1.54) is 0 Å². The Labute approximate surface area is 193 Å². The summed E-state index contributed by atoms with van der Waals surface area (Å²) in [5.41, 5.74) is 8.38. The van der Waals surface area contributed by atoms with Crippen LogP contribution in [0.5, 0.6) is 11.6 Å². The highest BCUT2D eigenvalue weighted by atomic mass is 16.5. The van der Waals surface area contributed by atoms with Crippen LogP contribution >= 0.6 is 0 Å². The normalized spacial score (nSPS) is 22.0. The Balaban J connectivity index is 1.39. The smallest absolute Gasteiger partial charge is 0.263 e. The SMILES string of the molecule is Cc1cc(-c2cnc(N)c(Oc3cnn(C4CCN(C)CC4)c3)n2)cc([C@@]2(O)CCOC2)c1. The number of rotatable bonds is 5. The first-order valence-electron chi connectivity index (χ1n) is 11.4. The molecule has 33 heavy (non-hydrogen) atoms. The second-order valence-corrected chi connectivity index (χ2v) is 9.16. The van der Waals surface area contributed by atoms with E-state index in [2.05, 4.69) is 27.0 Å². The average Bonchev–Trinajstić information content (AvgIpc) is 3.45. The number of benzene rings is 1. The van der Waals surface area contributed by atoms with Crippen LogP contribution in [-0.4, -0.2) is 63.1 Å². The van der Waals surface area contributed by atoms with Crippen LogP contribution in [0.4, 0.5) is 5.82 Å². The van der Waals surface area contributed by atoms with E-state index < -0.39 is 5.60 Å². The van der Waals surface area contributed by atoms with E-state index in [-0.39, 0.29) is 11.7 Å². The molecule has 2 fully saturated rings. The number of nitrogens with zero attached hydrogens (tertiary/aromatic N) is 5. The van der Waals surface area contributed by atoms with E-state index in [0.717, 1.165) is 42.6 Å². The maximum absolute atomic E-state index is 11.0. The molecule has 4 heterocycles. The summed E-state index contributed by atoms with van der Waals surface area (Å²) in [5.74, 6) is 1.03. The van der Waals surface area contributed by atoms with Crippen LogP contribution < -0.4 is 10.5 Å². The molecule has 9 heteroatoms. The van der Waals surface area contributed by atoms with Gasteiger partial charge in [-0.15, -0.1) is 0 Å². The van der Waals surface area contributed by atoms with Crippen molar-refractivity contribution in [2.75, 3.05) is 39.1 Å². The van der Waals surface area contributed by atoms with E-state index >= 15 is 0 Å². The second-order valence-electron chi connectivity index (χ2n) is 9.16. The predicted octanol–water partition coefficient (Wildman–Crippen LogP) is 2.90.